The molecule has 0 bridgehead atoms. The first kappa shape index (κ1) is 14.6. The molecule has 0 radical (unpaired) electrons. The Bertz CT molecular complexity index is 575. The average molecular weight is 388 g/mol. The number of hydrogen-bond acceptors (Lipinski definition) is 2. The number of nitrogens with one attached hydrogen (secondary N) is 1. The molecule has 100 valence electrons. The van der Waals surface area contributed by atoms with Crippen LogP contribution in [0.1, 0.15) is 24.1 Å². The molecule has 0 aliphatic carbocycles. The van der Waals surface area contributed by atoms with Gasteiger partial charge in [-0.25, -0.2) is 4.39 Å². The Morgan fingerprint density at radius 1 is 1.21 bits per heavy atom. The number of aromatic nitrogens is 1. The molecule has 1 unspecified atom stereocenters. The maximum atomic E-state index is 14.0. The minimum atomic E-state index is -0.228. The first-order valence-electron chi connectivity index (χ1n) is 5.90. The summed E-state index contributed by atoms with van der Waals surface area (Å²) >= 11 is 6.78. The van der Waals surface area contributed by atoms with Crippen molar-refractivity contribution in [1.29, 1.82) is 0 Å². The van der Waals surface area contributed by atoms with E-state index < -0.39 is 0 Å². The van der Waals surface area contributed by atoms with E-state index in [-0.39, 0.29) is 11.9 Å². The quantitative estimate of drug-likeness (QED) is 0.838. The van der Waals surface area contributed by atoms with Crippen LogP contribution in [0.3, 0.4) is 0 Å². The predicted octanol–water partition coefficient (Wildman–Crippen LogP) is 4.44. The summed E-state index contributed by atoms with van der Waals surface area (Å²) in [7, 11) is 0. The van der Waals surface area contributed by atoms with Gasteiger partial charge >= 0.3 is 0 Å². The van der Waals surface area contributed by atoms with Crippen LogP contribution in [0.25, 0.3) is 0 Å². The normalized spacial score (nSPS) is 12.4. The van der Waals surface area contributed by atoms with Gasteiger partial charge in [0.15, 0.2) is 0 Å². The molecule has 0 fully saturated rings. The lowest BCUT2D eigenvalue weighted by atomic mass is 9.99. The minimum absolute atomic E-state index is 0.215. The highest BCUT2D eigenvalue weighted by molar-refractivity contribution is 9.10. The van der Waals surface area contributed by atoms with Gasteiger partial charge in [-0.1, -0.05) is 22.9 Å². The van der Waals surface area contributed by atoms with Crippen molar-refractivity contribution in [2.75, 3.05) is 6.54 Å². The first-order valence-corrected chi connectivity index (χ1v) is 7.49. The Kier molecular flexibility index (Phi) is 5.07. The molecule has 1 N–H and O–H groups in total. The van der Waals surface area contributed by atoms with E-state index in [4.69, 9.17) is 0 Å². The van der Waals surface area contributed by atoms with Gasteiger partial charge in [-0.05, 0) is 52.3 Å². The fourth-order valence-corrected chi connectivity index (χ4v) is 2.69. The fourth-order valence-electron chi connectivity index (χ4n) is 1.93. The molecule has 1 heterocycles. The highest BCUT2D eigenvalue weighted by Crippen LogP contribution is 2.28. The Morgan fingerprint density at radius 2 is 2.00 bits per heavy atom. The van der Waals surface area contributed by atoms with Crippen LogP contribution in [0.4, 0.5) is 4.39 Å². The molecular weight excluding hydrogens is 375 g/mol. The van der Waals surface area contributed by atoms with Crippen molar-refractivity contribution in [3.05, 3.63) is 62.5 Å². The van der Waals surface area contributed by atoms with E-state index in [0.717, 1.165) is 21.1 Å². The number of nitrogens with zero attached hydrogens (tertiary/aromatic N) is 1. The van der Waals surface area contributed by atoms with Crippen LogP contribution in [0.15, 0.2) is 45.6 Å². The van der Waals surface area contributed by atoms with Crippen molar-refractivity contribution >= 4 is 31.9 Å². The summed E-state index contributed by atoms with van der Waals surface area (Å²) in [5.74, 6) is -0.228. The van der Waals surface area contributed by atoms with Gasteiger partial charge in [0.05, 0.1) is 6.04 Å². The van der Waals surface area contributed by atoms with Crippen molar-refractivity contribution < 1.29 is 4.39 Å². The topological polar surface area (TPSA) is 24.9 Å². The fraction of sp³-hybridized carbons (Fsp3) is 0.214. The molecule has 2 rings (SSSR count). The molecule has 1 aromatic heterocycles. The summed E-state index contributed by atoms with van der Waals surface area (Å²) in [6, 6.07) is 6.69. The van der Waals surface area contributed by atoms with Crippen molar-refractivity contribution in [3.63, 3.8) is 0 Å². The largest absolute Gasteiger partial charge is 0.306 e. The van der Waals surface area contributed by atoms with Crippen LogP contribution in [0, 0.1) is 5.82 Å². The highest BCUT2D eigenvalue weighted by atomic mass is 79.9. The first-order chi connectivity index (χ1) is 9.11. The van der Waals surface area contributed by atoms with Crippen LogP contribution >= 0.6 is 31.9 Å². The zero-order chi connectivity index (χ0) is 13.8. The summed E-state index contributed by atoms with van der Waals surface area (Å²) in [6.45, 7) is 2.73. The molecule has 5 heteroatoms. The molecule has 2 nitrogen and oxygen atoms in total. The number of benzene rings is 1. The minimum Gasteiger partial charge on any atom is -0.306 e. The van der Waals surface area contributed by atoms with E-state index in [0.29, 0.717) is 5.56 Å². The summed E-state index contributed by atoms with van der Waals surface area (Å²) in [5, 5.41) is 3.29. The van der Waals surface area contributed by atoms with Crippen LogP contribution in [-0.4, -0.2) is 11.5 Å². The Labute approximate surface area is 128 Å². The number of rotatable bonds is 4. The predicted molar refractivity (Wildman–Crippen MR) is 81.6 cm³/mol. The third-order valence-corrected chi connectivity index (χ3v) is 3.66. The van der Waals surface area contributed by atoms with E-state index in [9.17, 15) is 4.39 Å². The summed E-state index contributed by atoms with van der Waals surface area (Å²) < 4.78 is 15.8. The Morgan fingerprint density at radius 3 is 2.68 bits per heavy atom. The highest BCUT2D eigenvalue weighted by Gasteiger charge is 2.18. The summed E-state index contributed by atoms with van der Waals surface area (Å²) in [5.41, 5.74) is 1.53. The third kappa shape index (κ3) is 3.61. The van der Waals surface area contributed by atoms with Gasteiger partial charge in [0.25, 0.3) is 0 Å². The molecule has 0 saturated heterocycles. The van der Waals surface area contributed by atoms with E-state index in [1.54, 1.807) is 24.5 Å². The Balaban J connectivity index is 2.48. The number of pyridine rings is 1. The van der Waals surface area contributed by atoms with Gasteiger partial charge in [0.1, 0.15) is 5.82 Å². The van der Waals surface area contributed by atoms with Gasteiger partial charge < -0.3 is 5.32 Å². The molecule has 2 aromatic rings. The van der Waals surface area contributed by atoms with E-state index in [2.05, 4.69) is 42.2 Å². The number of hydrogen-bond donors (Lipinski definition) is 1. The smallest absolute Gasteiger partial charge is 0.128 e. The van der Waals surface area contributed by atoms with E-state index in [1.165, 1.54) is 6.07 Å². The summed E-state index contributed by atoms with van der Waals surface area (Å²) in [4.78, 5) is 4.14. The van der Waals surface area contributed by atoms with Crippen molar-refractivity contribution in [2.24, 2.45) is 0 Å². The van der Waals surface area contributed by atoms with E-state index >= 15 is 0 Å². The molecule has 1 aromatic carbocycles. The van der Waals surface area contributed by atoms with E-state index in [1.807, 2.05) is 13.0 Å². The Hall–Kier alpha value is -0.780. The molecule has 0 amide bonds. The average Bonchev–Trinajstić information content (AvgIpc) is 2.39. The zero-order valence-electron chi connectivity index (χ0n) is 10.3. The molecule has 19 heavy (non-hydrogen) atoms. The van der Waals surface area contributed by atoms with Crippen molar-refractivity contribution in [1.82, 2.24) is 10.3 Å². The summed E-state index contributed by atoms with van der Waals surface area (Å²) in [6.07, 6.45) is 3.46. The van der Waals surface area contributed by atoms with Gasteiger partial charge in [-0.3, -0.25) is 4.98 Å². The zero-order valence-corrected chi connectivity index (χ0v) is 13.5. The molecule has 1 atom stereocenters. The monoisotopic (exact) mass is 386 g/mol. The van der Waals surface area contributed by atoms with Crippen LogP contribution < -0.4 is 5.32 Å². The molecule has 0 aliphatic heterocycles. The molecule has 0 aliphatic rings. The van der Waals surface area contributed by atoms with Crippen molar-refractivity contribution in [2.45, 2.75) is 13.0 Å². The van der Waals surface area contributed by atoms with Gasteiger partial charge in [0.2, 0.25) is 0 Å². The van der Waals surface area contributed by atoms with Gasteiger partial charge in [-0.15, -0.1) is 0 Å². The maximum absolute atomic E-state index is 14.0. The number of halogens is 3. The lowest BCUT2D eigenvalue weighted by molar-refractivity contribution is 0.557. The van der Waals surface area contributed by atoms with Crippen LogP contribution in [0.5, 0.6) is 0 Å². The second-order valence-electron chi connectivity index (χ2n) is 4.09. The maximum Gasteiger partial charge on any atom is 0.128 e. The lowest BCUT2D eigenvalue weighted by Gasteiger charge is -2.19. The van der Waals surface area contributed by atoms with Gasteiger partial charge in [0, 0.05) is 26.9 Å². The SMILES string of the molecule is CCNC(c1cncc(Br)c1)c1cc(Br)ccc1F. The van der Waals surface area contributed by atoms with Crippen LogP contribution in [0.2, 0.25) is 0 Å². The third-order valence-electron chi connectivity index (χ3n) is 2.74. The molecule has 0 spiro atoms. The lowest BCUT2D eigenvalue weighted by Crippen LogP contribution is -2.23. The molecular formula is C14H13Br2FN2. The van der Waals surface area contributed by atoms with Gasteiger partial charge in [-0.2, -0.15) is 0 Å². The standard InChI is InChI=1S/C14H13Br2FN2/c1-2-19-14(9-5-11(16)8-18-7-9)12-6-10(15)3-4-13(12)17/h3-8,14,19H,2H2,1H3. The van der Waals surface area contributed by atoms with Crippen LogP contribution in [-0.2, 0) is 0 Å². The second-order valence-corrected chi connectivity index (χ2v) is 5.92. The molecule has 0 saturated carbocycles. The second kappa shape index (κ2) is 6.59. The van der Waals surface area contributed by atoms with Crippen molar-refractivity contribution in [3.8, 4) is 0 Å².